The molecule has 0 N–H and O–H groups in total. The third-order valence-electron chi connectivity index (χ3n) is 2.85. The molecule has 2 aromatic carbocycles. The van der Waals surface area contributed by atoms with Crippen LogP contribution in [0.2, 0.25) is 0 Å². The van der Waals surface area contributed by atoms with Gasteiger partial charge in [0.25, 0.3) is 0 Å². The average molecular weight is 414 g/mol. The second kappa shape index (κ2) is 7.85. The summed E-state index contributed by atoms with van der Waals surface area (Å²) < 4.78 is 11.1. The number of benzene rings is 2. The normalized spacial score (nSPS) is 13.5. The molecular formula is C17H18Br2O2. The molecule has 0 aromatic heterocycles. The van der Waals surface area contributed by atoms with Gasteiger partial charge in [-0.2, -0.15) is 0 Å². The second-order valence-corrected chi connectivity index (χ2v) is 7.37. The van der Waals surface area contributed by atoms with E-state index in [9.17, 15) is 0 Å². The summed E-state index contributed by atoms with van der Waals surface area (Å²) in [6, 6.07) is 16.4. The van der Waals surface area contributed by atoms with Crippen LogP contribution in [0.4, 0.5) is 0 Å². The zero-order valence-corrected chi connectivity index (χ0v) is 15.2. The van der Waals surface area contributed by atoms with Crippen LogP contribution >= 0.6 is 31.9 Å². The Kier molecular flexibility index (Phi) is 6.12. The molecule has 112 valence electrons. The maximum atomic E-state index is 5.57. The van der Waals surface area contributed by atoms with Crippen molar-refractivity contribution in [1.29, 1.82) is 0 Å². The van der Waals surface area contributed by atoms with Crippen LogP contribution in [0.5, 0.6) is 11.5 Å². The molecule has 2 nitrogen and oxygen atoms in total. The van der Waals surface area contributed by atoms with E-state index in [4.69, 9.17) is 9.47 Å². The minimum Gasteiger partial charge on any atom is -0.480 e. The van der Waals surface area contributed by atoms with E-state index in [1.807, 2.05) is 38.1 Å². The van der Waals surface area contributed by atoms with Crippen molar-refractivity contribution in [3.63, 3.8) is 0 Å². The van der Waals surface area contributed by atoms with E-state index in [1.54, 1.807) is 0 Å². The highest BCUT2D eigenvalue weighted by atomic mass is 79.9. The Morgan fingerprint density at radius 1 is 0.714 bits per heavy atom. The van der Waals surface area contributed by atoms with Gasteiger partial charge in [-0.1, -0.05) is 24.3 Å². The predicted molar refractivity (Wildman–Crippen MR) is 93.7 cm³/mol. The predicted octanol–water partition coefficient (Wildman–Crippen LogP) is 5.52. The van der Waals surface area contributed by atoms with Gasteiger partial charge in [0.15, 0.2) is 10.0 Å². The Morgan fingerprint density at radius 3 is 1.33 bits per heavy atom. The summed E-state index contributed by atoms with van der Waals surface area (Å²) in [7, 11) is 0. The van der Waals surface area contributed by atoms with E-state index in [1.165, 1.54) is 11.1 Å². The molecule has 2 atom stereocenters. The standard InChI is InChI=1S/C17H18Br2O2/c1-12(18)20-16-7-3-14(4-8-16)11-15-5-9-17(10-6-15)21-13(2)19/h3-10,12-13H,11H2,1-2H3. The van der Waals surface area contributed by atoms with Crippen molar-refractivity contribution >= 4 is 31.9 Å². The third-order valence-corrected chi connectivity index (χ3v) is 3.23. The largest absolute Gasteiger partial charge is 0.480 e. The number of ether oxygens (including phenoxy) is 2. The van der Waals surface area contributed by atoms with Gasteiger partial charge in [0, 0.05) is 0 Å². The van der Waals surface area contributed by atoms with Gasteiger partial charge in [-0.3, -0.25) is 0 Å². The summed E-state index contributed by atoms with van der Waals surface area (Å²) in [4.78, 5) is 0. The minimum atomic E-state index is 0.0210. The van der Waals surface area contributed by atoms with Gasteiger partial charge in [0.05, 0.1) is 0 Å². The van der Waals surface area contributed by atoms with Gasteiger partial charge in [-0.15, -0.1) is 0 Å². The zero-order chi connectivity index (χ0) is 15.2. The molecule has 0 radical (unpaired) electrons. The van der Waals surface area contributed by atoms with Gasteiger partial charge < -0.3 is 9.47 Å². The molecule has 0 bridgehead atoms. The monoisotopic (exact) mass is 412 g/mol. The lowest BCUT2D eigenvalue weighted by Crippen LogP contribution is -2.02. The SMILES string of the molecule is CC(Br)Oc1ccc(Cc2ccc(OC(C)Br)cc2)cc1. The van der Waals surface area contributed by atoms with Crippen LogP contribution < -0.4 is 9.47 Å². The maximum Gasteiger partial charge on any atom is 0.150 e. The van der Waals surface area contributed by atoms with Crippen LogP contribution in [0.15, 0.2) is 48.5 Å². The van der Waals surface area contributed by atoms with Gasteiger partial charge in [0.2, 0.25) is 0 Å². The first-order valence-electron chi connectivity index (χ1n) is 6.82. The van der Waals surface area contributed by atoms with Crippen molar-refractivity contribution in [1.82, 2.24) is 0 Å². The van der Waals surface area contributed by atoms with E-state index in [-0.39, 0.29) is 10.0 Å². The number of alkyl halides is 2. The Hall–Kier alpha value is -1.00. The van der Waals surface area contributed by atoms with E-state index >= 15 is 0 Å². The molecule has 0 aliphatic heterocycles. The second-order valence-electron chi connectivity index (χ2n) is 4.79. The third kappa shape index (κ3) is 5.71. The summed E-state index contributed by atoms with van der Waals surface area (Å²) >= 11 is 6.74. The molecule has 0 heterocycles. The summed E-state index contributed by atoms with van der Waals surface area (Å²) in [5.74, 6) is 1.75. The molecule has 0 saturated heterocycles. The fourth-order valence-corrected chi connectivity index (χ4v) is 2.41. The smallest absolute Gasteiger partial charge is 0.150 e. The fraction of sp³-hybridized carbons (Fsp3) is 0.294. The van der Waals surface area contributed by atoms with Crippen molar-refractivity contribution in [2.45, 2.75) is 30.3 Å². The Balaban J connectivity index is 1.97. The molecule has 4 heteroatoms. The Labute approximate surface area is 142 Å². The molecule has 21 heavy (non-hydrogen) atoms. The highest BCUT2D eigenvalue weighted by molar-refractivity contribution is 9.09. The molecule has 0 aliphatic rings. The van der Waals surface area contributed by atoms with Crippen molar-refractivity contribution < 1.29 is 9.47 Å². The molecule has 2 rings (SSSR count). The van der Waals surface area contributed by atoms with E-state index in [0.717, 1.165) is 17.9 Å². The topological polar surface area (TPSA) is 18.5 Å². The van der Waals surface area contributed by atoms with Crippen LogP contribution in [-0.4, -0.2) is 10.0 Å². The van der Waals surface area contributed by atoms with Crippen LogP contribution in [0.3, 0.4) is 0 Å². The van der Waals surface area contributed by atoms with Crippen molar-refractivity contribution in [3.05, 3.63) is 59.7 Å². The quantitative estimate of drug-likeness (QED) is 0.580. The first kappa shape index (κ1) is 16.4. The Morgan fingerprint density at radius 2 is 1.05 bits per heavy atom. The summed E-state index contributed by atoms with van der Waals surface area (Å²) in [5, 5.41) is 0.0421. The lowest BCUT2D eigenvalue weighted by Gasteiger charge is -2.10. The molecule has 2 unspecified atom stereocenters. The van der Waals surface area contributed by atoms with E-state index in [0.29, 0.717) is 0 Å². The van der Waals surface area contributed by atoms with E-state index in [2.05, 4.69) is 56.1 Å². The van der Waals surface area contributed by atoms with Crippen molar-refractivity contribution in [2.75, 3.05) is 0 Å². The number of hydrogen-bond donors (Lipinski definition) is 0. The molecule has 0 amide bonds. The minimum absolute atomic E-state index is 0.0210. The summed E-state index contributed by atoms with van der Waals surface area (Å²) in [5.41, 5.74) is 2.51. The highest BCUT2D eigenvalue weighted by Gasteiger charge is 2.02. The maximum absolute atomic E-state index is 5.57. The van der Waals surface area contributed by atoms with Crippen LogP contribution in [-0.2, 0) is 6.42 Å². The lowest BCUT2D eigenvalue weighted by atomic mass is 10.0. The lowest BCUT2D eigenvalue weighted by molar-refractivity contribution is 0.314. The fourth-order valence-electron chi connectivity index (χ4n) is 1.98. The highest BCUT2D eigenvalue weighted by Crippen LogP contribution is 2.20. The molecular weight excluding hydrogens is 396 g/mol. The van der Waals surface area contributed by atoms with Gasteiger partial charge in [0.1, 0.15) is 11.5 Å². The molecule has 0 fully saturated rings. The number of hydrogen-bond acceptors (Lipinski definition) is 2. The van der Waals surface area contributed by atoms with Gasteiger partial charge in [-0.05, 0) is 87.5 Å². The summed E-state index contributed by atoms with van der Waals surface area (Å²) in [6.45, 7) is 3.90. The first-order valence-corrected chi connectivity index (χ1v) is 8.65. The summed E-state index contributed by atoms with van der Waals surface area (Å²) in [6.07, 6.45) is 0.897. The Bertz CT molecular complexity index is 497. The molecule has 0 saturated carbocycles. The van der Waals surface area contributed by atoms with Gasteiger partial charge in [-0.25, -0.2) is 0 Å². The number of halogens is 2. The zero-order valence-electron chi connectivity index (χ0n) is 12.1. The molecule has 0 aliphatic carbocycles. The van der Waals surface area contributed by atoms with Crippen molar-refractivity contribution in [3.8, 4) is 11.5 Å². The van der Waals surface area contributed by atoms with E-state index < -0.39 is 0 Å². The van der Waals surface area contributed by atoms with Crippen LogP contribution in [0.1, 0.15) is 25.0 Å². The molecule has 2 aromatic rings. The number of rotatable bonds is 6. The first-order chi connectivity index (χ1) is 10.0. The van der Waals surface area contributed by atoms with Crippen LogP contribution in [0, 0.1) is 0 Å². The van der Waals surface area contributed by atoms with Gasteiger partial charge >= 0.3 is 0 Å². The molecule has 0 spiro atoms. The van der Waals surface area contributed by atoms with Crippen LogP contribution in [0.25, 0.3) is 0 Å². The van der Waals surface area contributed by atoms with Crippen molar-refractivity contribution in [2.24, 2.45) is 0 Å². The average Bonchev–Trinajstić information content (AvgIpc) is 2.42.